The summed E-state index contributed by atoms with van der Waals surface area (Å²) in [4.78, 5) is 0. The van der Waals surface area contributed by atoms with Crippen LogP contribution in [0.15, 0.2) is 18.2 Å². The maximum atomic E-state index is 13.7. The van der Waals surface area contributed by atoms with Gasteiger partial charge in [-0.3, -0.25) is 0 Å². The number of nitrogens with one attached hydrogen (secondary N) is 1. The predicted octanol–water partition coefficient (Wildman–Crippen LogP) is 2.59. The van der Waals surface area contributed by atoms with Crippen LogP contribution in [0, 0.1) is 18.7 Å². The molecule has 0 aromatic heterocycles. The smallest absolute Gasteiger partial charge is 0.129 e. The first-order valence-corrected chi connectivity index (χ1v) is 6.02. The molecule has 0 aliphatic rings. The molecule has 2 nitrogen and oxygen atoms in total. The van der Waals surface area contributed by atoms with Crippen LogP contribution in [0.3, 0.4) is 0 Å². The van der Waals surface area contributed by atoms with E-state index in [0.29, 0.717) is 18.0 Å². The van der Waals surface area contributed by atoms with Crippen molar-refractivity contribution in [3.8, 4) is 0 Å². The number of benzene rings is 1. The van der Waals surface area contributed by atoms with Crippen molar-refractivity contribution in [2.45, 2.75) is 33.3 Å². The topological polar surface area (TPSA) is 32.3 Å². The molecule has 0 radical (unpaired) electrons. The summed E-state index contributed by atoms with van der Waals surface area (Å²) in [6.45, 7) is 8.87. The molecule has 0 bridgehead atoms. The van der Waals surface area contributed by atoms with Crippen LogP contribution >= 0.6 is 0 Å². The van der Waals surface area contributed by atoms with Gasteiger partial charge in [0.25, 0.3) is 0 Å². The van der Waals surface area contributed by atoms with Gasteiger partial charge in [0, 0.05) is 12.1 Å². The molecule has 17 heavy (non-hydrogen) atoms. The Hall–Kier alpha value is -0.930. The third-order valence-corrected chi connectivity index (χ3v) is 2.72. The number of aryl methyl sites for hydroxylation is 1. The first-order chi connectivity index (χ1) is 7.83. The van der Waals surface area contributed by atoms with E-state index in [2.05, 4.69) is 19.2 Å². The number of halogens is 1. The van der Waals surface area contributed by atoms with Crippen molar-refractivity contribution in [3.05, 3.63) is 35.1 Å². The average Bonchev–Trinajstić information content (AvgIpc) is 2.20. The average molecular weight is 239 g/mol. The van der Waals surface area contributed by atoms with Crippen molar-refractivity contribution in [3.63, 3.8) is 0 Å². The fraction of sp³-hybridized carbons (Fsp3) is 0.571. The van der Waals surface area contributed by atoms with Crippen LogP contribution in [0.1, 0.15) is 31.9 Å². The van der Waals surface area contributed by atoms with Crippen LogP contribution in [0.5, 0.6) is 0 Å². The highest BCUT2D eigenvalue weighted by Gasteiger charge is 2.26. The van der Waals surface area contributed by atoms with Crippen LogP contribution in [0.4, 0.5) is 4.39 Å². The minimum absolute atomic E-state index is 0.353. The van der Waals surface area contributed by atoms with Gasteiger partial charge < -0.3 is 10.4 Å². The van der Waals surface area contributed by atoms with Gasteiger partial charge in [0.1, 0.15) is 11.4 Å². The molecule has 1 unspecified atom stereocenters. The lowest BCUT2D eigenvalue weighted by molar-refractivity contribution is 0.0526. The quantitative estimate of drug-likeness (QED) is 0.827. The molecule has 1 atom stereocenters. The maximum absolute atomic E-state index is 13.7. The van der Waals surface area contributed by atoms with Crippen LogP contribution in [0.2, 0.25) is 0 Å². The van der Waals surface area contributed by atoms with E-state index in [9.17, 15) is 9.50 Å². The van der Waals surface area contributed by atoms with Gasteiger partial charge in [0.05, 0.1) is 0 Å². The third-order valence-electron chi connectivity index (χ3n) is 2.72. The Morgan fingerprint density at radius 1 is 1.41 bits per heavy atom. The van der Waals surface area contributed by atoms with Gasteiger partial charge in [-0.1, -0.05) is 31.5 Å². The molecule has 0 heterocycles. The number of hydrogen-bond donors (Lipinski definition) is 2. The molecule has 1 aromatic rings. The Morgan fingerprint density at radius 3 is 2.65 bits per heavy atom. The molecule has 0 fully saturated rings. The largest absolute Gasteiger partial charge is 0.384 e. The van der Waals surface area contributed by atoms with Gasteiger partial charge >= 0.3 is 0 Å². The van der Waals surface area contributed by atoms with Gasteiger partial charge in [0.2, 0.25) is 0 Å². The van der Waals surface area contributed by atoms with Crippen molar-refractivity contribution < 1.29 is 9.50 Å². The minimum atomic E-state index is -1.18. The van der Waals surface area contributed by atoms with E-state index in [4.69, 9.17) is 0 Å². The summed E-state index contributed by atoms with van der Waals surface area (Å²) in [7, 11) is 0. The summed E-state index contributed by atoms with van der Waals surface area (Å²) in [5.41, 5.74) is 0.129. The molecule has 0 aliphatic heterocycles. The normalized spacial score (nSPS) is 15.0. The number of aliphatic hydroxyl groups is 1. The summed E-state index contributed by atoms with van der Waals surface area (Å²) in [6.07, 6.45) is 0. The second-order valence-electron chi connectivity index (χ2n) is 5.28. The second-order valence-corrected chi connectivity index (χ2v) is 5.28. The first kappa shape index (κ1) is 14.1. The van der Waals surface area contributed by atoms with Gasteiger partial charge in [-0.15, -0.1) is 0 Å². The monoisotopic (exact) mass is 239 g/mol. The van der Waals surface area contributed by atoms with Crippen molar-refractivity contribution >= 4 is 0 Å². The van der Waals surface area contributed by atoms with Crippen molar-refractivity contribution in [1.29, 1.82) is 0 Å². The van der Waals surface area contributed by atoms with E-state index in [1.807, 2.05) is 6.92 Å². The Balaban J connectivity index is 2.77. The first-order valence-electron chi connectivity index (χ1n) is 6.02. The fourth-order valence-electron chi connectivity index (χ4n) is 1.75. The summed E-state index contributed by atoms with van der Waals surface area (Å²) in [6, 6.07) is 4.81. The SMILES string of the molecule is Cc1ccc(F)c(C(C)(O)CNCC(C)C)c1. The summed E-state index contributed by atoms with van der Waals surface area (Å²) < 4.78 is 13.7. The molecule has 3 heteroatoms. The summed E-state index contributed by atoms with van der Waals surface area (Å²) in [5.74, 6) is 0.153. The minimum Gasteiger partial charge on any atom is -0.384 e. The molecule has 96 valence electrons. The highest BCUT2D eigenvalue weighted by atomic mass is 19.1. The van der Waals surface area contributed by atoms with E-state index in [0.717, 1.165) is 12.1 Å². The van der Waals surface area contributed by atoms with Crippen LogP contribution in [-0.4, -0.2) is 18.2 Å². The molecule has 0 saturated heterocycles. The Labute approximate surface area is 103 Å². The summed E-state index contributed by atoms with van der Waals surface area (Å²) in [5, 5.41) is 13.5. The number of hydrogen-bond acceptors (Lipinski definition) is 2. The van der Waals surface area contributed by atoms with E-state index >= 15 is 0 Å². The Bertz CT molecular complexity index is 374. The molecule has 0 amide bonds. The zero-order chi connectivity index (χ0) is 13.1. The van der Waals surface area contributed by atoms with Gasteiger partial charge in [-0.25, -0.2) is 4.39 Å². The molecule has 1 aromatic carbocycles. The van der Waals surface area contributed by atoms with Crippen LogP contribution in [-0.2, 0) is 5.60 Å². The predicted molar refractivity (Wildman–Crippen MR) is 68.4 cm³/mol. The molecular formula is C14H22FNO. The lowest BCUT2D eigenvalue weighted by Gasteiger charge is -2.25. The molecule has 0 saturated carbocycles. The molecule has 2 N–H and O–H groups in total. The van der Waals surface area contributed by atoms with Gasteiger partial charge in [-0.05, 0) is 32.4 Å². The van der Waals surface area contributed by atoms with Crippen molar-refractivity contribution in [2.75, 3.05) is 13.1 Å². The lowest BCUT2D eigenvalue weighted by atomic mass is 9.94. The third kappa shape index (κ3) is 4.10. The van der Waals surface area contributed by atoms with Crippen molar-refractivity contribution in [1.82, 2.24) is 5.32 Å². The van der Waals surface area contributed by atoms with Gasteiger partial charge in [0.15, 0.2) is 0 Å². The lowest BCUT2D eigenvalue weighted by Crippen LogP contribution is -2.37. The molecule has 1 rings (SSSR count). The highest BCUT2D eigenvalue weighted by Crippen LogP contribution is 2.23. The highest BCUT2D eigenvalue weighted by molar-refractivity contribution is 5.29. The zero-order valence-electron chi connectivity index (χ0n) is 11.0. The number of rotatable bonds is 5. The van der Waals surface area contributed by atoms with Crippen LogP contribution < -0.4 is 5.32 Å². The van der Waals surface area contributed by atoms with Gasteiger partial charge in [-0.2, -0.15) is 0 Å². The fourth-order valence-corrected chi connectivity index (χ4v) is 1.75. The molecular weight excluding hydrogens is 217 g/mol. The van der Waals surface area contributed by atoms with E-state index < -0.39 is 5.60 Å². The Kier molecular flexibility index (Phi) is 4.66. The maximum Gasteiger partial charge on any atom is 0.129 e. The Morgan fingerprint density at radius 2 is 2.06 bits per heavy atom. The van der Waals surface area contributed by atoms with Crippen molar-refractivity contribution in [2.24, 2.45) is 5.92 Å². The molecule has 0 spiro atoms. The van der Waals surface area contributed by atoms with E-state index in [1.165, 1.54) is 6.07 Å². The standard InChI is InChI=1S/C14H22FNO/c1-10(2)8-16-9-14(4,17)12-7-11(3)5-6-13(12)15/h5-7,10,16-17H,8-9H2,1-4H3. The second kappa shape index (κ2) is 5.61. The van der Waals surface area contributed by atoms with Crippen LogP contribution in [0.25, 0.3) is 0 Å². The molecule has 0 aliphatic carbocycles. The zero-order valence-corrected chi connectivity index (χ0v) is 11.0. The van der Waals surface area contributed by atoms with E-state index in [-0.39, 0.29) is 5.82 Å². The summed E-state index contributed by atoms with van der Waals surface area (Å²) >= 11 is 0. The van der Waals surface area contributed by atoms with E-state index in [1.54, 1.807) is 19.1 Å².